The van der Waals surface area contributed by atoms with Crippen LogP contribution in [0.4, 0.5) is 0 Å². The summed E-state index contributed by atoms with van der Waals surface area (Å²) in [5, 5.41) is 10.1. The van der Waals surface area contributed by atoms with E-state index < -0.39 is 0 Å². The number of hydrogen-bond donors (Lipinski definition) is 1. The van der Waals surface area contributed by atoms with Gasteiger partial charge in [-0.2, -0.15) is 5.26 Å². The molecule has 0 bridgehead atoms. The first-order valence-corrected chi connectivity index (χ1v) is 7.35. The van der Waals surface area contributed by atoms with E-state index in [9.17, 15) is 10.1 Å². The molecule has 3 heteroatoms. The largest absolute Gasteiger partial charge is 0.360 e. The number of benzene rings is 1. The molecule has 3 nitrogen and oxygen atoms in total. The molecule has 20 heavy (non-hydrogen) atoms. The lowest BCUT2D eigenvalue weighted by Crippen LogP contribution is -2.04. The number of rotatable bonds is 2. The minimum atomic E-state index is 0.211. The Morgan fingerprint density at radius 1 is 1.25 bits per heavy atom. The number of H-pyrrole nitrogens is 1. The van der Waals surface area contributed by atoms with E-state index in [-0.39, 0.29) is 11.7 Å². The van der Waals surface area contributed by atoms with Gasteiger partial charge in [0, 0.05) is 28.6 Å². The maximum atomic E-state index is 12.8. The first kappa shape index (κ1) is 11.7. The fourth-order valence-corrected chi connectivity index (χ4v) is 4.03. The predicted molar refractivity (Wildman–Crippen MR) is 76.3 cm³/mol. The van der Waals surface area contributed by atoms with Crippen molar-refractivity contribution < 1.29 is 4.79 Å². The lowest BCUT2D eigenvalue weighted by atomic mass is 10.0. The molecule has 1 heterocycles. The van der Waals surface area contributed by atoms with Crippen molar-refractivity contribution in [3.8, 4) is 6.07 Å². The fourth-order valence-electron chi connectivity index (χ4n) is 4.03. The van der Waals surface area contributed by atoms with Gasteiger partial charge in [0.15, 0.2) is 5.78 Å². The van der Waals surface area contributed by atoms with Gasteiger partial charge in [-0.25, -0.2) is 0 Å². The third kappa shape index (κ3) is 1.54. The van der Waals surface area contributed by atoms with Crippen LogP contribution < -0.4 is 0 Å². The van der Waals surface area contributed by atoms with Crippen LogP contribution in [0.25, 0.3) is 10.9 Å². The molecule has 0 spiro atoms. The van der Waals surface area contributed by atoms with E-state index in [1.165, 1.54) is 25.7 Å². The first-order valence-electron chi connectivity index (χ1n) is 7.35. The Morgan fingerprint density at radius 3 is 2.70 bits per heavy atom. The first-order chi connectivity index (χ1) is 9.81. The van der Waals surface area contributed by atoms with Gasteiger partial charge >= 0.3 is 0 Å². The average Bonchev–Trinajstić information content (AvgIpc) is 3.06. The smallest absolute Gasteiger partial charge is 0.168 e. The average molecular weight is 264 g/mol. The number of ketones is 1. The molecule has 2 saturated carbocycles. The Kier molecular flexibility index (Phi) is 2.47. The summed E-state index contributed by atoms with van der Waals surface area (Å²) in [6.45, 7) is 0. The molecule has 0 saturated heterocycles. The molecule has 2 fully saturated rings. The predicted octanol–water partition coefficient (Wildman–Crippen LogP) is 3.66. The fraction of sp³-hybridized carbons (Fsp3) is 0.412. The van der Waals surface area contributed by atoms with E-state index in [0.717, 1.165) is 16.5 Å². The molecule has 4 rings (SSSR count). The molecule has 100 valence electrons. The van der Waals surface area contributed by atoms with Crippen LogP contribution in [0.3, 0.4) is 0 Å². The third-order valence-electron chi connectivity index (χ3n) is 5.05. The molecule has 1 N–H and O–H groups in total. The zero-order valence-electron chi connectivity index (χ0n) is 11.2. The number of nitrogens with one attached hydrogen (secondary N) is 1. The second-order valence-electron chi connectivity index (χ2n) is 6.04. The topological polar surface area (TPSA) is 56.6 Å². The van der Waals surface area contributed by atoms with Crippen LogP contribution >= 0.6 is 0 Å². The standard InChI is InChI=1S/C17H16N2O/c18-8-10-4-3-7-14-15(10)13(9-19-14)17(20)16-11-5-1-2-6-12(11)16/h3-4,7,9,11-12,16,19H,1-2,5-6H2. The molecular weight excluding hydrogens is 248 g/mol. The van der Waals surface area contributed by atoms with Crippen LogP contribution in [-0.4, -0.2) is 10.8 Å². The van der Waals surface area contributed by atoms with Crippen LogP contribution in [0.2, 0.25) is 0 Å². The van der Waals surface area contributed by atoms with Crippen LogP contribution in [0.5, 0.6) is 0 Å². The van der Waals surface area contributed by atoms with Crippen molar-refractivity contribution in [2.24, 2.45) is 17.8 Å². The minimum Gasteiger partial charge on any atom is -0.360 e. The number of Topliss-reactive ketones (excluding diaryl/α,β-unsaturated/α-hetero) is 1. The van der Waals surface area contributed by atoms with E-state index in [2.05, 4.69) is 11.1 Å². The van der Waals surface area contributed by atoms with Gasteiger partial charge in [0.05, 0.1) is 11.6 Å². The molecule has 2 atom stereocenters. The lowest BCUT2D eigenvalue weighted by Gasteiger charge is -2.04. The van der Waals surface area contributed by atoms with Gasteiger partial charge in [0.25, 0.3) is 0 Å². The van der Waals surface area contributed by atoms with E-state index in [4.69, 9.17) is 0 Å². The van der Waals surface area contributed by atoms with Gasteiger partial charge < -0.3 is 4.98 Å². The summed E-state index contributed by atoms with van der Waals surface area (Å²) in [5.41, 5.74) is 2.20. The summed E-state index contributed by atoms with van der Waals surface area (Å²) in [4.78, 5) is 15.9. The zero-order chi connectivity index (χ0) is 13.7. The van der Waals surface area contributed by atoms with Gasteiger partial charge in [0.1, 0.15) is 0 Å². The Labute approximate surface area is 117 Å². The number of fused-ring (bicyclic) bond motifs is 2. The number of nitrogens with zero attached hydrogens (tertiary/aromatic N) is 1. The molecule has 2 aliphatic rings. The summed E-state index contributed by atoms with van der Waals surface area (Å²) in [6, 6.07) is 7.76. The van der Waals surface area contributed by atoms with E-state index in [1.807, 2.05) is 12.1 Å². The van der Waals surface area contributed by atoms with Crippen molar-refractivity contribution in [3.05, 3.63) is 35.5 Å². The van der Waals surface area contributed by atoms with E-state index in [0.29, 0.717) is 17.4 Å². The quantitative estimate of drug-likeness (QED) is 0.841. The molecular formula is C17H16N2O. The highest BCUT2D eigenvalue weighted by Crippen LogP contribution is 2.56. The minimum absolute atomic E-state index is 0.211. The highest BCUT2D eigenvalue weighted by atomic mass is 16.1. The van der Waals surface area contributed by atoms with Gasteiger partial charge in [-0.1, -0.05) is 18.9 Å². The Bertz CT molecular complexity index is 725. The second kappa shape index (κ2) is 4.21. The van der Waals surface area contributed by atoms with Crippen LogP contribution in [0, 0.1) is 29.1 Å². The van der Waals surface area contributed by atoms with Gasteiger partial charge in [-0.15, -0.1) is 0 Å². The molecule has 1 aromatic heterocycles. The van der Waals surface area contributed by atoms with Crippen molar-refractivity contribution in [1.82, 2.24) is 4.98 Å². The van der Waals surface area contributed by atoms with Crippen molar-refractivity contribution in [3.63, 3.8) is 0 Å². The van der Waals surface area contributed by atoms with Crippen molar-refractivity contribution >= 4 is 16.7 Å². The number of hydrogen-bond acceptors (Lipinski definition) is 2. The van der Waals surface area contributed by atoms with E-state index >= 15 is 0 Å². The highest BCUT2D eigenvalue weighted by molar-refractivity contribution is 6.11. The van der Waals surface area contributed by atoms with Crippen LogP contribution in [0.1, 0.15) is 41.6 Å². The Balaban J connectivity index is 1.76. The molecule has 0 radical (unpaired) electrons. The van der Waals surface area contributed by atoms with Crippen LogP contribution in [0.15, 0.2) is 24.4 Å². The molecule has 2 aliphatic carbocycles. The number of carbonyl (C=O) groups is 1. The Morgan fingerprint density at radius 2 is 2.00 bits per heavy atom. The molecule has 2 aromatic rings. The SMILES string of the molecule is N#Cc1cccc2[nH]cc(C(=O)C3C4CCCCC43)c12. The monoisotopic (exact) mass is 264 g/mol. The number of carbonyl (C=O) groups excluding carboxylic acids is 1. The summed E-state index contributed by atoms with van der Waals surface area (Å²) in [5.74, 6) is 1.67. The molecule has 0 aliphatic heterocycles. The Hall–Kier alpha value is -2.08. The number of aromatic nitrogens is 1. The van der Waals surface area contributed by atoms with Crippen molar-refractivity contribution in [2.45, 2.75) is 25.7 Å². The molecule has 1 aromatic carbocycles. The maximum Gasteiger partial charge on any atom is 0.168 e. The summed E-state index contributed by atoms with van der Waals surface area (Å²) in [6.07, 6.45) is 6.73. The third-order valence-corrected chi connectivity index (χ3v) is 5.05. The van der Waals surface area contributed by atoms with E-state index in [1.54, 1.807) is 12.3 Å². The van der Waals surface area contributed by atoms with Gasteiger partial charge in [-0.05, 0) is 36.8 Å². The van der Waals surface area contributed by atoms with Gasteiger partial charge in [-0.3, -0.25) is 4.79 Å². The summed E-state index contributed by atoms with van der Waals surface area (Å²) < 4.78 is 0. The van der Waals surface area contributed by atoms with Gasteiger partial charge in [0.2, 0.25) is 0 Å². The molecule has 0 amide bonds. The number of aromatic amines is 1. The summed E-state index contributed by atoms with van der Waals surface area (Å²) >= 11 is 0. The number of nitriles is 1. The highest BCUT2D eigenvalue weighted by Gasteiger charge is 2.54. The van der Waals surface area contributed by atoms with Crippen molar-refractivity contribution in [2.75, 3.05) is 0 Å². The molecule has 2 unspecified atom stereocenters. The maximum absolute atomic E-state index is 12.8. The van der Waals surface area contributed by atoms with Crippen molar-refractivity contribution in [1.29, 1.82) is 5.26 Å². The summed E-state index contributed by atoms with van der Waals surface area (Å²) in [7, 11) is 0. The second-order valence-corrected chi connectivity index (χ2v) is 6.04. The van der Waals surface area contributed by atoms with Crippen LogP contribution in [-0.2, 0) is 0 Å². The lowest BCUT2D eigenvalue weighted by molar-refractivity contribution is 0.0958. The zero-order valence-corrected chi connectivity index (χ0v) is 11.2. The normalized spacial score (nSPS) is 27.9.